The van der Waals surface area contributed by atoms with Gasteiger partial charge in [-0.1, -0.05) is 26.0 Å². The zero-order chi connectivity index (χ0) is 11.1. The van der Waals surface area contributed by atoms with E-state index in [2.05, 4.69) is 19.2 Å². The predicted octanol–water partition coefficient (Wildman–Crippen LogP) is 3.35. The van der Waals surface area contributed by atoms with Crippen molar-refractivity contribution in [1.29, 1.82) is 0 Å². The lowest BCUT2D eigenvalue weighted by atomic mass is 10.1. The van der Waals surface area contributed by atoms with Gasteiger partial charge in [0.1, 0.15) is 5.82 Å². The van der Waals surface area contributed by atoms with Crippen molar-refractivity contribution in [3.8, 4) is 0 Å². The largest absolute Gasteiger partial charge is 0.313 e. The molecule has 0 amide bonds. The van der Waals surface area contributed by atoms with Crippen molar-refractivity contribution in [3.63, 3.8) is 0 Å². The van der Waals surface area contributed by atoms with Gasteiger partial charge < -0.3 is 5.32 Å². The molecular formula is C13H20FN. The second-order valence-electron chi connectivity index (χ2n) is 4.34. The molecule has 1 aromatic rings. The zero-order valence-corrected chi connectivity index (χ0v) is 9.59. The maximum atomic E-state index is 12.8. The van der Waals surface area contributed by atoms with E-state index in [1.165, 1.54) is 18.9 Å². The monoisotopic (exact) mass is 209 g/mol. The Morgan fingerprint density at radius 3 is 2.80 bits per heavy atom. The number of halogens is 1. The average molecular weight is 209 g/mol. The van der Waals surface area contributed by atoms with Gasteiger partial charge in [-0.3, -0.25) is 0 Å². The minimum Gasteiger partial charge on any atom is -0.313 e. The summed E-state index contributed by atoms with van der Waals surface area (Å²) in [5.41, 5.74) is 1.01. The molecule has 0 unspecified atom stereocenters. The molecule has 0 saturated heterocycles. The van der Waals surface area contributed by atoms with Crippen LogP contribution in [0.25, 0.3) is 0 Å². The van der Waals surface area contributed by atoms with Crippen LogP contribution in [0.2, 0.25) is 0 Å². The molecule has 1 rings (SSSR count). The molecule has 0 fully saturated rings. The van der Waals surface area contributed by atoms with Crippen LogP contribution in [0.3, 0.4) is 0 Å². The first kappa shape index (κ1) is 12.2. The van der Waals surface area contributed by atoms with E-state index in [1.807, 2.05) is 6.07 Å². The zero-order valence-electron chi connectivity index (χ0n) is 9.59. The van der Waals surface area contributed by atoms with Crippen molar-refractivity contribution in [3.05, 3.63) is 35.6 Å². The highest BCUT2D eigenvalue weighted by Crippen LogP contribution is 2.04. The summed E-state index contributed by atoms with van der Waals surface area (Å²) in [4.78, 5) is 0. The number of hydrogen-bond acceptors (Lipinski definition) is 1. The predicted molar refractivity (Wildman–Crippen MR) is 62.2 cm³/mol. The van der Waals surface area contributed by atoms with Crippen LogP contribution >= 0.6 is 0 Å². The van der Waals surface area contributed by atoms with Crippen LogP contribution in [0.4, 0.5) is 4.39 Å². The number of hydrogen-bond donors (Lipinski definition) is 1. The van der Waals surface area contributed by atoms with E-state index in [0.29, 0.717) is 0 Å². The quantitative estimate of drug-likeness (QED) is 0.708. The lowest BCUT2D eigenvalue weighted by molar-refractivity contribution is 0.527. The third kappa shape index (κ3) is 5.53. The van der Waals surface area contributed by atoms with Gasteiger partial charge >= 0.3 is 0 Å². The smallest absolute Gasteiger partial charge is 0.123 e. The SMILES string of the molecule is CC(C)CCCNCc1cccc(F)c1. The Balaban J connectivity index is 2.15. The van der Waals surface area contributed by atoms with Gasteiger partial charge in [-0.15, -0.1) is 0 Å². The molecule has 1 N–H and O–H groups in total. The third-order valence-electron chi connectivity index (χ3n) is 2.35. The summed E-state index contributed by atoms with van der Waals surface area (Å²) in [5, 5.41) is 3.32. The summed E-state index contributed by atoms with van der Waals surface area (Å²) < 4.78 is 12.8. The topological polar surface area (TPSA) is 12.0 Å². The first-order chi connectivity index (χ1) is 7.18. The fraction of sp³-hybridized carbons (Fsp3) is 0.538. The Morgan fingerprint density at radius 1 is 1.33 bits per heavy atom. The van der Waals surface area contributed by atoms with Crippen molar-refractivity contribution in [2.75, 3.05) is 6.54 Å². The summed E-state index contributed by atoms with van der Waals surface area (Å²) in [6.07, 6.45) is 2.43. The minimum absolute atomic E-state index is 0.156. The molecule has 0 atom stereocenters. The van der Waals surface area contributed by atoms with E-state index < -0.39 is 0 Å². The van der Waals surface area contributed by atoms with Crippen LogP contribution in [-0.2, 0) is 6.54 Å². The average Bonchev–Trinajstić information content (AvgIpc) is 2.17. The van der Waals surface area contributed by atoms with Gasteiger partial charge in [0.15, 0.2) is 0 Å². The van der Waals surface area contributed by atoms with Gasteiger partial charge in [-0.05, 0) is 43.0 Å². The van der Waals surface area contributed by atoms with E-state index in [9.17, 15) is 4.39 Å². The van der Waals surface area contributed by atoms with Gasteiger partial charge in [0.05, 0.1) is 0 Å². The van der Waals surface area contributed by atoms with Crippen LogP contribution in [0.15, 0.2) is 24.3 Å². The Hall–Kier alpha value is -0.890. The fourth-order valence-electron chi connectivity index (χ4n) is 1.51. The van der Waals surface area contributed by atoms with Gasteiger partial charge in [0.2, 0.25) is 0 Å². The van der Waals surface area contributed by atoms with E-state index in [-0.39, 0.29) is 5.82 Å². The summed E-state index contributed by atoms with van der Waals surface area (Å²) in [7, 11) is 0. The van der Waals surface area contributed by atoms with E-state index in [0.717, 1.165) is 24.6 Å². The normalized spacial score (nSPS) is 10.9. The number of nitrogens with one attached hydrogen (secondary N) is 1. The van der Waals surface area contributed by atoms with Crippen LogP contribution < -0.4 is 5.32 Å². The number of benzene rings is 1. The molecule has 0 aromatic heterocycles. The highest BCUT2D eigenvalue weighted by molar-refractivity contribution is 5.15. The Bertz CT molecular complexity index is 284. The summed E-state index contributed by atoms with van der Waals surface area (Å²) in [6, 6.07) is 6.75. The molecule has 0 radical (unpaired) electrons. The first-order valence-corrected chi connectivity index (χ1v) is 5.63. The Morgan fingerprint density at radius 2 is 2.13 bits per heavy atom. The Labute approximate surface area is 91.7 Å². The van der Waals surface area contributed by atoms with E-state index in [1.54, 1.807) is 12.1 Å². The third-order valence-corrected chi connectivity index (χ3v) is 2.35. The lowest BCUT2D eigenvalue weighted by Crippen LogP contribution is -2.15. The molecule has 1 aromatic carbocycles. The fourth-order valence-corrected chi connectivity index (χ4v) is 1.51. The summed E-state index contributed by atoms with van der Waals surface area (Å²) in [5.74, 6) is 0.609. The molecule has 0 heterocycles. The van der Waals surface area contributed by atoms with Crippen molar-refractivity contribution in [2.45, 2.75) is 33.2 Å². The van der Waals surface area contributed by atoms with Crippen molar-refractivity contribution in [1.82, 2.24) is 5.32 Å². The molecule has 0 aliphatic heterocycles. The van der Waals surface area contributed by atoms with Gasteiger partial charge in [0, 0.05) is 6.54 Å². The van der Waals surface area contributed by atoms with Crippen LogP contribution in [0.1, 0.15) is 32.3 Å². The molecular weight excluding hydrogens is 189 g/mol. The van der Waals surface area contributed by atoms with Gasteiger partial charge in [-0.25, -0.2) is 4.39 Å². The first-order valence-electron chi connectivity index (χ1n) is 5.63. The molecule has 0 bridgehead atoms. The molecule has 0 spiro atoms. The van der Waals surface area contributed by atoms with Crippen LogP contribution in [0, 0.1) is 11.7 Å². The van der Waals surface area contributed by atoms with Gasteiger partial charge in [0.25, 0.3) is 0 Å². The molecule has 1 nitrogen and oxygen atoms in total. The molecule has 15 heavy (non-hydrogen) atoms. The molecule has 84 valence electrons. The standard InChI is InChI=1S/C13H20FN/c1-11(2)5-4-8-15-10-12-6-3-7-13(14)9-12/h3,6-7,9,11,15H,4-5,8,10H2,1-2H3. The second kappa shape index (κ2) is 6.57. The molecule has 2 heteroatoms. The lowest BCUT2D eigenvalue weighted by Gasteiger charge is -2.06. The summed E-state index contributed by atoms with van der Waals surface area (Å²) >= 11 is 0. The highest BCUT2D eigenvalue weighted by Gasteiger charge is 1.96. The van der Waals surface area contributed by atoms with Crippen molar-refractivity contribution < 1.29 is 4.39 Å². The van der Waals surface area contributed by atoms with Crippen molar-refractivity contribution >= 4 is 0 Å². The summed E-state index contributed by atoms with van der Waals surface area (Å²) in [6.45, 7) is 6.23. The second-order valence-corrected chi connectivity index (χ2v) is 4.34. The molecule has 0 saturated carbocycles. The van der Waals surface area contributed by atoms with E-state index >= 15 is 0 Å². The molecule has 0 aliphatic rings. The van der Waals surface area contributed by atoms with Crippen molar-refractivity contribution in [2.24, 2.45) is 5.92 Å². The highest BCUT2D eigenvalue weighted by atomic mass is 19.1. The minimum atomic E-state index is -0.156. The van der Waals surface area contributed by atoms with Gasteiger partial charge in [-0.2, -0.15) is 0 Å². The maximum Gasteiger partial charge on any atom is 0.123 e. The number of rotatable bonds is 6. The van der Waals surface area contributed by atoms with Crippen LogP contribution in [-0.4, -0.2) is 6.54 Å². The van der Waals surface area contributed by atoms with Crippen LogP contribution in [0.5, 0.6) is 0 Å². The maximum absolute atomic E-state index is 12.8. The molecule has 0 aliphatic carbocycles. The van der Waals surface area contributed by atoms with E-state index in [4.69, 9.17) is 0 Å². The Kier molecular flexibility index (Phi) is 5.33.